The summed E-state index contributed by atoms with van der Waals surface area (Å²) in [7, 11) is 1.42. The number of alkyl halides is 3. The van der Waals surface area contributed by atoms with Crippen LogP contribution in [-0.2, 0) is 20.8 Å². The van der Waals surface area contributed by atoms with Crippen LogP contribution in [0.25, 0.3) is 0 Å². The normalized spacial score (nSPS) is 11.1. The quantitative estimate of drug-likeness (QED) is 0.128. The lowest BCUT2D eigenvalue weighted by atomic mass is 9.87. The molecule has 1 aromatic carbocycles. The Morgan fingerprint density at radius 2 is 1.68 bits per heavy atom. The van der Waals surface area contributed by atoms with Crippen molar-refractivity contribution in [2.24, 2.45) is 11.1 Å². The predicted octanol–water partition coefficient (Wildman–Crippen LogP) is 3.14. The van der Waals surface area contributed by atoms with Gasteiger partial charge < -0.3 is 25.6 Å². The van der Waals surface area contributed by atoms with E-state index >= 15 is 0 Å². The van der Waals surface area contributed by atoms with E-state index in [2.05, 4.69) is 0 Å². The first-order valence-electron chi connectivity index (χ1n) is 10.1. The number of benzene rings is 1. The van der Waals surface area contributed by atoms with Gasteiger partial charge in [-0.15, -0.1) is 11.3 Å². The number of thiophene rings is 1. The van der Waals surface area contributed by atoms with Crippen molar-refractivity contribution < 1.29 is 51.7 Å². The van der Waals surface area contributed by atoms with Crippen LogP contribution in [0.3, 0.4) is 0 Å². The van der Waals surface area contributed by atoms with Gasteiger partial charge in [-0.3, -0.25) is 15.0 Å². The van der Waals surface area contributed by atoms with E-state index in [1.54, 1.807) is 19.9 Å². The Kier molecular flexibility index (Phi) is 10.3. The number of amidine groups is 1. The zero-order valence-corrected chi connectivity index (χ0v) is 20.5. The van der Waals surface area contributed by atoms with Crippen LogP contribution in [0.1, 0.15) is 34.0 Å². The van der Waals surface area contributed by atoms with E-state index in [1.165, 1.54) is 25.2 Å². The fourth-order valence-electron chi connectivity index (χ4n) is 2.79. The number of nitrogens with zero attached hydrogens (tertiary/aromatic N) is 1. The number of likely N-dealkylation sites (N-methyl/N-ethyl adjacent to an activating group) is 1. The summed E-state index contributed by atoms with van der Waals surface area (Å²) < 4.78 is 50.9. The van der Waals surface area contributed by atoms with E-state index in [0.717, 1.165) is 27.2 Å². The van der Waals surface area contributed by atoms with Gasteiger partial charge in [-0.2, -0.15) is 13.2 Å². The third-order valence-corrected chi connectivity index (χ3v) is 5.53. The van der Waals surface area contributed by atoms with E-state index in [1.807, 2.05) is 0 Å². The van der Waals surface area contributed by atoms with Crippen LogP contribution in [0.15, 0.2) is 30.3 Å². The second kappa shape index (κ2) is 12.3. The molecule has 2 rings (SSSR count). The highest BCUT2D eigenvalue weighted by molar-refractivity contribution is 7.14. The highest BCUT2D eigenvalue weighted by Gasteiger charge is 2.38. The summed E-state index contributed by atoms with van der Waals surface area (Å²) in [5.41, 5.74) is 4.58. The Balaban J connectivity index is 0.000000856. The molecule has 0 unspecified atom stereocenters. The number of carbonyl (C=O) groups is 4. The van der Waals surface area contributed by atoms with Crippen molar-refractivity contribution in [1.29, 1.82) is 5.41 Å². The van der Waals surface area contributed by atoms with Crippen molar-refractivity contribution in [3.63, 3.8) is 0 Å². The van der Waals surface area contributed by atoms with E-state index in [4.69, 9.17) is 30.9 Å². The first-order valence-corrected chi connectivity index (χ1v) is 10.9. The van der Waals surface area contributed by atoms with Gasteiger partial charge in [-0.25, -0.2) is 14.0 Å². The van der Waals surface area contributed by atoms with Crippen molar-refractivity contribution in [3.8, 4) is 5.75 Å². The van der Waals surface area contributed by atoms with Crippen molar-refractivity contribution in [3.05, 3.63) is 51.5 Å². The van der Waals surface area contributed by atoms with Crippen molar-refractivity contribution >= 4 is 41.0 Å². The lowest BCUT2D eigenvalue weighted by Gasteiger charge is -2.28. The largest absolute Gasteiger partial charge is 0.490 e. The molecular formula is C22H23F4N3O7S. The first-order chi connectivity index (χ1) is 16.8. The molecule has 0 fully saturated rings. The molecule has 15 heteroatoms. The zero-order chi connectivity index (χ0) is 28.7. The molecule has 0 spiro atoms. The van der Waals surface area contributed by atoms with E-state index in [0.29, 0.717) is 0 Å². The number of amides is 1. The minimum absolute atomic E-state index is 0.172. The molecule has 2 aromatic rings. The fraction of sp³-hybridized carbons (Fsp3) is 0.318. The topological polar surface area (TPSA) is 171 Å². The van der Waals surface area contributed by atoms with E-state index in [-0.39, 0.29) is 34.4 Å². The van der Waals surface area contributed by atoms with Crippen LogP contribution >= 0.6 is 11.3 Å². The molecule has 0 radical (unpaired) electrons. The van der Waals surface area contributed by atoms with Crippen LogP contribution in [-0.4, -0.2) is 64.5 Å². The van der Waals surface area contributed by atoms with Crippen LogP contribution in [0, 0.1) is 16.6 Å². The lowest BCUT2D eigenvalue weighted by Crippen LogP contribution is -2.42. The summed E-state index contributed by atoms with van der Waals surface area (Å²) in [6.07, 6.45) is -4.80. The molecule has 37 heavy (non-hydrogen) atoms. The number of nitrogen functional groups attached to an aromatic ring is 1. The van der Waals surface area contributed by atoms with Gasteiger partial charge in [0.05, 0.1) is 0 Å². The maximum atomic E-state index is 14.1. The Hall–Kier alpha value is -4.01. The maximum Gasteiger partial charge on any atom is 0.490 e. The summed E-state index contributed by atoms with van der Waals surface area (Å²) >= 11 is 1.11. The summed E-state index contributed by atoms with van der Waals surface area (Å²) in [6.45, 7) is 2.98. The number of carboxylic acid groups (broad SMARTS) is 2. The SMILES string of the molecule is CN(CC(=O)O)C(=O)C(C)(C)Cc1ccc(C(=O)Oc2ccc(C(=N)N)cc2F)s1.O=C(O)C(F)(F)F. The molecule has 0 atom stereocenters. The molecule has 5 N–H and O–H groups in total. The van der Waals surface area contributed by atoms with E-state index in [9.17, 15) is 31.9 Å². The highest BCUT2D eigenvalue weighted by atomic mass is 32.1. The Morgan fingerprint density at radius 1 is 1.11 bits per heavy atom. The van der Waals surface area contributed by atoms with Gasteiger partial charge in [0.1, 0.15) is 17.3 Å². The first kappa shape index (κ1) is 31.0. The third kappa shape index (κ3) is 9.51. The number of carbonyl (C=O) groups excluding carboxylic acids is 2. The summed E-state index contributed by atoms with van der Waals surface area (Å²) in [4.78, 5) is 46.6. The van der Waals surface area contributed by atoms with Gasteiger partial charge in [0.2, 0.25) is 5.91 Å². The number of nitrogens with one attached hydrogen (secondary N) is 1. The number of ether oxygens (including phenoxy) is 1. The number of hydrogen-bond donors (Lipinski definition) is 4. The molecule has 0 aliphatic rings. The molecule has 0 aliphatic heterocycles. The number of aliphatic carboxylic acids is 2. The number of nitrogens with two attached hydrogens (primary N) is 1. The molecule has 0 bridgehead atoms. The molecule has 0 saturated carbocycles. The fourth-order valence-corrected chi connectivity index (χ4v) is 3.90. The van der Waals surface area contributed by atoms with Crippen LogP contribution in [0.4, 0.5) is 17.6 Å². The monoisotopic (exact) mass is 549 g/mol. The van der Waals surface area contributed by atoms with Gasteiger partial charge in [0.15, 0.2) is 11.6 Å². The summed E-state index contributed by atoms with van der Waals surface area (Å²) in [5.74, 6) is -6.37. The maximum absolute atomic E-state index is 14.1. The molecule has 202 valence electrons. The lowest BCUT2D eigenvalue weighted by molar-refractivity contribution is -0.192. The van der Waals surface area contributed by atoms with Gasteiger partial charge in [-0.05, 0) is 36.8 Å². The van der Waals surface area contributed by atoms with Crippen molar-refractivity contribution in [1.82, 2.24) is 4.90 Å². The van der Waals surface area contributed by atoms with Gasteiger partial charge in [0, 0.05) is 22.9 Å². The Morgan fingerprint density at radius 3 is 2.14 bits per heavy atom. The molecule has 1 aromatic heterocycles. The number of rotatable bonds is 8. The smallest absolute Gasteiger partial charge is 0.480 e. The molecular weight excluding hydrogens is 526 g/mol. The molecule has 10 nitrogen and oxygen atoms in total. The van der Waals surface area contributed by atoms with Crippen molar-refractivity contribution in [2.75, 3.05) is 13.6 Å². The average molecular weight is 549 g/mol. The number of hydrogen-bond acceptors (Lipinski definition) is 7. The summed E-state index contributed by atoms with van der Waals surface area (Å²) in [5, 5.41) is 23.3. The van der Waals surface area contributed by atoms with E-state index < -0.39 is 41.9 Å². The zero-order valence-electron chi connectivity index (χ0n) is 19.7. The molecule has 0 aliphatic carbocycles. The molecule has 1 amide bonds. The molecule has 0 saturated heterocycles. The Bertz CT molecular complexity index is 1200. The minimum Gasteiger partial charge on any atom is -0.480 e. The van der Waals surface area contributed by atoms with Crippen molar-refractivity contribution in [2.45, 2.75) is 26.4 Å². The third-order valence-electron chi connectivity index (χ3n) is 4.47. The standard InChI is InChI=1S/C20H22FN3O5S.C2HF3O2/c1-20(2,19(28)24(3)10-16(25)26)9-12-5-7-15(30-12)18(27)29-14-6-4-11(17(22)23)8-13(14)21;3-2(4,5)1(6)7/h4-8H,9-10H2,1-3H3,(H3,22,23)(H,25,26);(H,6,7). The van der Waals surface area contributed by atoms with Crippen LogP contribution in [0.5, 0.6) is 5.75 Å². The minimum atomic E-state index is -5.08. The second-order valence-electron chi connectivity index (χ2n) is 8.13. The second-order valence-corrected chi connectivity index (χ2v) is 9.30. The highest BCUT2D eigenvalue weighted by Crippen LogP contribution is 2.29. The van der Waals surface area contributed by atoms with Gasteiger partial charge in [0.25, 0.3) is 0 Å². The van der Waals surface area contributed by atoms with Gasteiger partial charge in [-0.1, -0.05) is 13.8 Å². The Labute approximate surface area is 211 Å². The number of carboxylic acids is 2. The van der Waals surface area contributed by atoms with Crippen LogP contribution in [0.2, 0.25) is 0 Å². The predicted molar refractivity (Wildman–Crippen MR) is 123 cm³/mol. The average Bonchev–Trinajstić information content (AvgIpc) is 3.21. The van der Waals surface area contributed by atoms with Crippen LogP contribution < -0.4 is 10.5 Å². The summed E-state index contributed by atoms with van der Waals surface area (Å²) in [6, 6.07) is 6.79. The van der Waals surface area contributed by atoms with Gasteiger partial charge >= 0.3 is 24.1 Å². The molecule has 1 heterocycles. The number of esters is 1. The number of halogens is 4.